The van der Waals surface area contributed by atoms with Crippen molar-refractivity contribution in [1.82, 2.24) is 0 Å². The summed E-state index contributed by atoms with van der Waals surface area (Å²) in [7, 11) is 0. The van der Waals surface area contributed by atoms with E-state index in [-0.39, 0.29) is 23.3 Å². The molecule has 2 saturated carbocycles. The summed E-state index contributed by atoms with van der Waals surface area (Å²) in [6.45, 7) is 6.97. The average molecular weight is 333 g/mol. The number of ketones is 1. The van der Waals surface area contributed by atoms with E-state index in [1.165, 1.54) is 5.56 Å². The van der Waals surface area contributed by atoms with Gasteiger partial charge >= 0.3 is 0 Å². The number of nitrogens with one attached hydrogen (secondary N) is 1. The van der Waals surface area contributed by atoms with Crippen molar-refractivity contribution < 1.29 is 4.79 Å². The molecule has 2 nitrogen and oxygen atoms in total. The van der Waals surface area contributed by atoms with Crippen LogP contribution in [0.25, 0.3) is 0 Å². The molecule has 25 heavy (non-hydrogen) atoms. The van der Waals surface area contributed by atoms with E-state index in [0.29, 0.717) is 17.6 Å². The summed E-state index contributed by atoms with van der Waals surface area (Å²) in [6, 6.07) is 20.8. The number of anilines is 1. The van der Waals surface area contributed by atoms with E-state index in [1.54, 1.807) is 0 Å². The van der Waals surface area contributed by atoms with Crippen LogP contribution in [0.5, 0.6) is 0 Å². The fourth-order valence-electron chi connectivity index (χ4n) is 5.21. The maximum absolute atomic E-state index is 13.2. The van der Waals surface area contributed by atoms with Gasteiger partial charge in [0.2, 0.25) is 0 Å². The zero-order valence-electron chi connectivity index (χ0n) is 15.3. The van der Waals surface area contributed by atoms with Crippen LogP contribution in [0.1, 0.15) is 38.8 Å². The quantitative estimate of drug-likeness (QED) is 0.818. The molecule has 2 fully saturated rings. The fraction of sp³-hybridized carbons (Fsp3) is 0.435. The Hall–Kier alpha value is -2.09. The van der Waals surface area contributed by atoms with E-state index in [0.717, 1.165) is 12.1 Å². The zero-order valence-corrected chi connectivity index (χ0v) is 15.3. The molecule has 0 aromatic heterocycles. The van der Waals surface area contributed by atoms with Gasteiger partial charge in [-0.3, -0.25) is 4.79 Å². The minimum absolute atomic E-state index is 0.0397. The van der Waals surface area contributed by atoms with Crippen LogP contribution in [0.4, 0.5) is 5.69 Å². The predicted molar refractivity (Wildman–Crippen MR) is 102 cm³/mol. The van der Waals surface area contributed by atoms with Gasteiger partial charge in [0, 0.05) is 17.5 Å². The molecule has 2 aliphatic rings. The second-order valence-corrected chi connectivity index (χ2v) is 8.39. The molecule has 2 heteroatoms. The molecular formula is C23H27NO. The van der Waals surface area contributed by atoms with Gasteiger partial charge in [0.05, 0.1) is 6.04 Å². The lowest BCUT2D eigenvalue weighted by Crippen LogP contribution is -2.43. The monoisotopic (exact) mass is 333 g/mol. The first-order chi connectivity index (χ1) is 12.0. The van der Waals surface area contributed by atoms with Gasteiger partial charge in [0.25, 0.3) is 0 Å². The van der Waals surface area contributed by atoms with Crippen LogP contribution in [0.2, 0.25) is 0 Å². The zero-order chi connectivity index (χ0) is 17.6. The number of hydrogen-bond acceptors (Lipinski definition) is 2. The summed E-state index contributed by atoms with van der Waals surface area (Å²) in [5.74, 6) is 1.68. The second kappa shape index (κ2) is 6.01. The number of para-hydroxylation sites is 1. The maximum atomic E-state index is 13.2. The third-order valence-electron chi connectivity index (χ3n) is 6.98. The summed E-state index contributed by atoms with van der Waals surface area (Å²) in [4.78, 5) is 13.2. The normalized spacial score (nSPS) is 31.1. The minimum atomic E-state index is 0.0397. The van der Waals surface area contributed by atoms with Crippen molar-refractivity contribution in [3.63, 3.8) is 0 Å². The molecule has 0 saturated heterocycles. The number of fused-ring (bicyclic) bond motifs is 2. The van der Waals surface area contributed by atoms with Gasteiger partial charge in [-0.1, -0.05) is 69.3 Å². The van der Waals surface area contributed by atoms with Gasteiger partial charge in [-0.25, -0.2) is 0 Å². The lowest BCUT2D eigenvalue weighted by Gasteiger charge is -2.43. The van der Waals surface area contributed by atoms with E-state index in [1.807, 2.05) is 24.3 Å². The number of rotatable bonds is 4. The molecule has 0 heterocycles. The van der Waals surface area contributed by atoms with Gasteiger partial charge in [-0.2, -0.15) is 0 Å². The summed E-state index contributed by atoms with van der Waals surface area (Å²) in [5.41, 5.74) is 2.51. The Morgan fingerprint density at radius 2 is 1.60 bits per heavy atom. The third-order valence-corrected chi connectivity index (χ3v) is 6.98. The van der Waals surface area contributed by atoms with Crippen molar-refractivity contribution >= 4 is 11.5 Å². The molecule has 0 radical (unpaired) electrons. The molecule has 2 aromatic rings. The van der Waals surface area contributed by atoms with E-state index < -0.39 is 0 Å². The maximum Gasteiger partial charge on any atom is 0.142 e. The fourth-order valence-corrected chi connectivity index (χ4v) is 5.21. The average Bonchev–Trinajstić information content (AvgIpc) is 3.08. The highest BCUT2D eigenvalue weighted by Gasteiger charge is 2.61. The van der Waals surface area contributed by atoms with Crippen molar-refractivity contribution in [2.45, 2.75) is 33.2 Å². The van der Waals surface area contributed by atoms with Crippen molar-refractivity contribution in [3.8, 4) is 0 Å². The molecule has 2 aliphatic carbocycles. The van der Waals surface area contributed by atoms with Gasteiger partial charge in [0.15, 0.2) is 0 Å². The minimum Gasteiger partial charge on any atom is -0.377 e. The molecule has 2 aromatic carbocycles. The number of carbonyl (C=O) groups is 1. The van der Waals surface area contributed by atoms with Gasteiger partial charge in [-0.05, 0) is 41.4 Å². The smallest absolute Gasteiger partial charge is 0.142 e. The molecule has 1 N–H and O–H groups in total. The van der Waals surface area contributed by atoms with Crippen LogP contribution >= 0.6 is 0 Å². The Labute approximate surface area is 150 Å². The number of benzene rings is 2. The van der Waals surface area contributed by atoms with Crippen LogP contribution in [0.3, 0.4) is 0 Å². The molecule has 0 amide bonds. The van der Waals surface area contributed by atoms with E-state index >= 15 is 0 Å². The summed E-state index contributed by atoms with van der Waals surface area (Å²) in [6.07, 6.45) is 1.05. The van der Waals surface area contributed by atoms with Crippen LogP contribution < -0.4 is 5.32 Å². The van der Waals surface area contributed by atoms with E-state index in [2.05, 4.69) is 62.5 Å². The molecule has 0 aliphatic heterocycles. The third kappa shape index (κ3) is 2.59. The lowest BCUT2D eigenvalue weighted by molar-refractivity contribution is -0.131. The van der Waals surface area contributed by atoms with Gasteiger partial charge in [0.1, 0.15) is 5.78 Å². The highest BCUT2D eigenvalue weighted by atomic mass is 16.1. The SMILES string of the molecule is C[C@H]1[C@H]2C[C@H]([C@H]([C@H](Nc3ccccc3)c3ccccc3)C2=O)C1(C)C. The van der Waals surface area contributed by atoms with Gasteiger partial charge < -0.3 is 5.32 Å². The van der Waals surface area contributed by atoms with Crippen molar-refractivity contribution in [2.24, 2.45) is 29.1 Å². The molecule has 0 unspecified atom stereocenters. The number of carbonyl (C=O) groups excluding carboxylic acids is 1. The van der Waals surface area contributed by atoms with Crippen LogP contribution in [0, 0.1) is 29.1 Å². The van der Waals surface area contributed by atoms with Crippen LogP contribution in [0.15, 0.2) is 60.7 Å². The van der Waals surface area contributed by atoms with E-state index in [4.69, 9.17) is 0 Å². The largest absolute Gasteiger partial charge is 0.377 e. The van der Waals surface area contributed by atoms with Crippen molar-refractivity contribution in [1.29, 1.82) is 0 Å². The number of hydrogen-bond donors (Lipinski definition) is 1. The highest BCUT2D eigenvalue weighted by molar-refractivity contribution is 5.89. The first-order valence-corrected chi connectivity index (χ1v) is 9.40. The Bertz CT molecular complexity index is 752. The first kappa shape index (κ1) is 16.4. The molecule has 130 valence electrons. The van der Waals surface area contributed by atoms with Gasteiger partial charge in [-0.15, -0.1) is 0 Å². The Morgan fingerprint density at radius 1 is 1.00 bits per heavy atom. The predicted octanol–water partition coefficient (Wildman–Crippen LogP) is 5.34. The van der Waals surface area contributed by atoms with Crippen molar-refractivity contribution in [3.05, 3.63) is 66.2 Å². The van der Waals surface area contributed by atoms with Crippen LogP contribution in [-0.4, -0.2) is 5.78 Å². The summed E-state index contributed by atoms with van der Waals surface area (Å²) >= 11 is 0. The van der Waals surface area contributed by atoms with E-state index in [9.17, 15) is 4.79 Å². The van der Waals surface area contributed by atoms with Crippen LogP contribution in [-0.2, 0) is 4.79 Å². The molecule has 2 bridgehead atoms. The summed E-state index contributed by atoms with van der Waals surface area (Å²) < 4.78 is 0. The Morgan fingerprint density at radius 3 is 2.20 bits per heavy atom. The molecule has 5 atom stereocenters. The standard InChI is InChI=1S/C23H27NO/c1-15-18-14-19(23(15,2)3)20(22(18)25)21(16-10-6-4-7-11-16)24-17-12-8-5-9-13-17/h4-13,15,18-21,24H,14H2,1-3H3/t15-,18+,19+,20+,21+/m0/s1. The Balaban J connectivity index is 1.73. The molecule has 4 rings (SSSR count). The molecule has 0 spiro atoms. The Kier molecular flexibility index (Phi) is 3.94. The van der Waals surface area contributed by atoms with Crippen molar-refractivity contribution in [2.75, 3.05) is 5.32 Å². The lowest BCUT2D eigenvalue weighted by atomic mass is 9.62. The molecular weight excluding hydrogens is 306 g/mol. The second-order valence-electron chi connectivity index (χ2n) is 8.39. The topological polar surface area (TPSA) is 29.1 Å². The first-order valence-electron chi connectivity index (χ1n) is 9.40. The summed E-state index contributed by atoms with van der Waals surface area (Å²) in [5, 5.41) is 3.68. The highest BCUT2D eigenvalue weighted by Crippen LogP contribution is 2.62. The number of Topliss-reactive ketones (excluding diaryl/α,β-unsaturated/α-hetero) is 1.